The van der Waals surface area contributed by atoms with E-state index in [1.807, 2.05) is 11.9 Å². The molecule has 0 unspecified atom stereocenters. The van der Waals surface area contributed by atoms with Gasteiger partial charge in [-0.15, -0.1) is 0 Å². The maximum Gasteiger partial charge on any atom is 0.226 e. The van der Waals surface area contributed by atoms with Crippen molar-refractivity contribution in [1.29, 1.82) is 0 Å². The summed E-state index contributed by atoms with van der Waals surface area (Å²) in [6.45, 7) is 2.74. The molecule has 1 N–H and O–H groups in total. The number of nitrogens with zero attached hydrogens (tertiary/aromatic N) is 2. The predicted octanol–water partition coefficient (Wildman–Crippen LogP) is 2.58. The molecule has 0 atom stereocenters. The molecule has 1 amide bonds. The minimum Gasteiger partial charge on any atom is -0.360 e. The molecule has 112 valence electrons. The summed E-state index contributed by atoms with van der Waals surface area (Å²) < 4.78 is 18.4. The Balaban J connectivity index is 1.77. The van der Waals surface area contributed by atoms with Gasteiger partial charge < -0.3 is 14.7 Å². The van der Waals surface area contributed by atoms with E-state index in [4.69, 9.17) is 4.52 Å². The third kappa shape index (κ3) is 4.68. The summed E-state index contributed by atoms with van der Waals surface area (Å²) >= 11 is 0. The summed E-state index contributed by atoms with van der Waals surface area (Å²) in [6.07, 6.45) is 0.302. The fraction of sp³-hybridized carbons (Fsp3) is 0.333. The van der Waals surface area contributed by atoms with Crippen LogP contribution < -0.4 is 5.32 Å². The van der Waals surface area contributed by atoms with E-state index in [1.54, 1.807) is 31.2 Å². The van der Waals surface area contributed by atoms with Gasteiger partial charge in [0.25, 0.3) is 0 Å². The summed E-state index contributed by atoms with van der Waals surface area (Å²) in [6, 6.07) is 8.28. The minimum absolute atomic E-state index is 0.149. The molecule has 5 nitrogen and oxygen atoms in total. The first kappa shape index (κ1) is 15.2. The van der Waals surface area contributed by atoms with Gasteiger partial charge in [-0.3, -0.25) is 4.79 Å². The van der Waals surface area contributed by atoms with E-state index < -0.39 is 0 Å². The van der Waals surface area contributed by atoms with Crippen LogP contribution in [0.2, 0.25) is 0 Å². The molecule has 1 aromatic heterocycles. The number of hydrogen-bond acceptors (Lipinski definition) is 4. The van der Waals surface area contributed by atoms with E-state index in [1.165, 1.54) is 6.07 Å². The van der Waals surface area contributed by atoms with Crippen molar-refractivity contribution in [3.63, 3.8) is 0 Å². The lowest BCUT2D eigenvalue weighted by atomic mass is 10.2. The number of carbonyl (C=O) groups excluding carboxylic acids is 1. The topological polar surface area (TPSA) is 58.4 Å². The molecule has 0 saturated carbocycles. The molecule has 0 aliphatic heterocycles. The Bertz CT molecular complexity index is 612. The average molecular weight is 291 g/mol. The van der Waals surface area contributed by atoms with E-state index in [0.717, 1.165) is 0 Å². The van der Waals surface area contributed by atoms with Crippen molar-refractivity contribution in [2.75, 3.05) is 18.9 Å². The third-order valence-corrected chi connectivity index (χ3v) is 3.01. The molecular formula is C15H18FN3O2. The Kier molecular flexibility index (Phi) is 5.05. The van der Waals surface area contributed by atoms with Crippen LogP contribution in [0.15, 0.2) is 34.9 Å². The second kappa shape index (κ2) is 6.99. The molecular weight excluding hydrogens is 273 g/mol. The highest BCUT2D eigenvalue weighted by Gasteiger charge is 2.09. The number of halogens is 1. The van der Waals surface area contributed by atoms with Gasteiger partial charge in [-0.1, -0.05) is 23.4 Å². The smallest absolute Gasteiger partial charge is 0.226 e. The van der Waals surface area contributed by atoms with Gasteiger partial charge in [0.1, 0.15) is 11.6 Å². The van der Waals surface area contributed by atoms with E-state index >= 15 is 0 Å². The summed E-state index contributed by atoms with van der Waals surface area (Å²) in [5.74, 6) is 0.673. The lowest BCUT2D eigenvalue weighted by molar-refractivity contribution is -0.116. The fourth-order valence-electron chi connectivity index (χ4n) is 1.92. The number of aromatic nitrogens is 1. The van der Waals surface area contributed by atoms with Crippen molar-refractivity contribution in [3.05, 3.63) is 47.5 Å². The van der Waals surface area contributed by atoms with Crippen LogP contribution >= 0.6 is 0 Å². The van der Waals surface area contributed by atoms with E-state index in [-0.39, 0.29) is 11.7 Å². The monoisotopic (exact) mass is 291 g/mol. The summed E-state index contributed by atoms with van der Waals surface area (Å²) in [4.78, 5) is 13.6. The molecule has 0 bridgehead atoms. The van der Waals surface area contributed by atoms with Crippen LogP contribution in [0.4, 0.5) is 10.2 Å². The van der Waals surface area contributed by atoms with Crippen LogP contribution in [0, 0.1) is 12.7 Å². The van der Waals surface area contributed by atoms with Crippen molar-refractivity contribution >= 4 is 11.7 Å². The van der Waals surface area contributed by atoms with Crippen molar-refractivity contribution in [2.45, 2.75) is 19.9 Å². The van der Waals surface area contributed by atoms with E-state index in [2.05, 4.69) is 10.5 Å². The standard InChI is InChI=1S/C15H18FN3O2/c1-11-9-14(18-21-11)17-15(20)7-8-19(2)10-12-5-3-4-6-13(12)16/h3-6,9H,7-8,10H2,1-2H3,(H,17,18,20). The number of amides is 1. The maximum absolute atomic E-state index is 13.5. The molecule has 2 rings (SSSR count). The minimum atomic E-state index is -0.230. The number of benzene rings is 1. The van der Waals surface area contributed by atoms with Crippen LogP contribution in [0.25, 0.3) is 0 Å². The Morgan fingerprint density at radius 3 is 2.86 bits per heavy atom. The molecule has 0 aliphatic rings. The Morgan fingerprint density at radius 1 is 1.43 bits per heavy atom. The number of rotatable bonds is 6. The first-order valence-corrected chi connectivity index (χ1v) is 6.69. The lowest BCUT2D eigenvalue weighted by Gasteiger charge is -2.16. The Hall–Kier alpha value is -2.21. The van der Waals surface area contributed by atoms with Gasteiger partial charge in [0, 0.05) is 31.1 Å². The van der Waals surface area contributed by atoms with Crippen LogP contribution in [0.3, 0.4) is 0 Å². The average Bonchev–Trinajstić information content (AvgIpc) is 2.84. The highest BCUT2D eigenvalue weighted by Crippen LogP contribution is 2.10. The number of nitrogens with one attached hydrogen (secondary N) is 1. The van der Waals surface area contributed by atoms with Crippen LogP contribution in [-0.4, -0.2) is 29.6 Å². The normalized spacial score (nSPS) is 10.9. The van der Waals surface area contributed by atoms with Crippen molar-refractivity contribution in [3.8, 4) is 0 Å². The SMILES string of the molecule is Cc1cc(NC(=O)CCN(C)Cc2ccccc2F)no1. The summed E-state index contributed by atoms with van der Waals surface area (Å²) in [5.41, 5.74) is 0.618. The second-order valence-corrected chi connectivity index (χ2v) is 4.95. The lowest BCUT2D eigenvalue weighted by Crippen LogP contribution is -2.24. The van der Waals surface area contributed by atoms with Gasteiger partial charge in [-0.2, -0.15) is 0 Å². The number of hydrogen-bond donors (Lipinski definition) is 1. The number of anilines is 1. The Morgan fingerprint density at radius 2 is 2.19 bits per heavy atom. The first-order valence-electron chi connectivity index (χ1n) is 6.69. The van der Waals surface area contributed by atoms with Crippen LogP contribution in [-0.2, 0) is 11.3 Å². The van der Waals surface area contributed by atoms with Gasteiger partial charge >= 0.3 is 0 Å². The van der Waals surface area contributed by atoms with Gasteiger partial charge in [0.2, 0.25) is 5.91 Å². The summed E-state index contributed by atoms with van der Waals surface area (Å²) in [5, 5.41) is 6.34. The number of carbonyl (C=O) groups is 1. The van der Waals surface area contributed by atoms with Crippen LogP contribution in [0.1, 0.15) is 17.7 Å². The van der Waals surface area contributed by atoms with E-state index in [0.29, 0.717) is 36.7 Å². The zero-order chi connectivity index (χ0) is 15.2. The summed E-state index contributed by atoms with van der Waals surface area (Å²) in [7, 11) is 1.85. The first-order chi connectivity index (χ1) is 10.0. The largest absolute Gasteiger partial charge is 0.360 e. The quantitative estimate of drug-likeness (QED) is 0.888. The predicted molar refractivity (Wildman–Crippen MR) is 77.2 cm³/mol. The zero-order valence-electron chi connectivity index (χ0n) is 12.1. The fourth-order valence-corrected chi connectivity index (χ4v) is 1.92. The molecule has 0 fully saturated rings. The molecule has 0 spiro atoms. The molecule has 0 saturated heterocycles. The van der Waals surface area contributed by atoms with Gasteiger partial charge in [-0.05, 0) is 20.0 Å². The highest BCUT2D eigenvalue weighted by atomic mass is 19.1. The van der Waals surface area contributed by atoms with Crippen molar-refractivity contribution in [2.24, 2.45) is 0 Å². The highest BCUT2D eigenvalue weighted by molar-refractivity contribution is 5.89. The molecule has 1 aromatic carbocycles. The molecule has 6 heteroatoms. The van der Waals surface area contributed by atoms with Crippen molar-refractivity contribution in [1.82, 2.24) is 10.1 Å². The molecule has 0 aliphatic carbocycles. The van der Waals surface area contributed by atoms with Crippen molar-refractivity contribution < 1.29 is 13.7 Å². The van der Waals surface area contributed by atoms with Gasteiger partial charge in [0.15, 0.2) is 5.82 Å². The zero-order valence-corrected chi connectivity index (χ0v) is 12.1. The molecule has 0 radical (unpaired) electrons. The van der Waals surface area contributed by atoms with E-state index in [9.17, 15) is 9.18 Å². The molecule has 1 heterocycles. The Labute approximate surface area is 122 Å². The van der Waals surface area contributed by atoms with Gasteiger partial charge in [0.05, 0.1) is 0 Å². The second-order valence-electron chi connectivity index (χ2n) is 4.95. The molecule has 2 aromatic rings. The molecule has 21 heavy (non-hydrogen) atoms. The third-order valence-electron chi connectivity index (χ3n) is 3.01. The van der Waals surface area contributed by atoms with Crippen LogP contribution in [0.5, 0.6) is 0 Å². The number of aryl methyl sites for hydroxylation is 1. The van der Waals surface area contributed by atoms with Gasteiger partial charge in [-0.25, -0.2) is 4.39 Å². The maximum atomic E-state index is 13.5.